The van der Waals surface area contributed by atoms with Gasteiger partial charge in [-0.3, -0.25) is 0 Å². The fraction of sp³-hybridized carbons (Fsp3) is 0.368. The highest BCUT2D eigenvalue weighted by molar-refractivity contribution is 7.98. The predicted molar refractivity (Wildman–Crippen MR) is 104 cm³/mol. The topological polar surface area (TPSA) is 30.7 Å². The molecule has 2 aromatic heterocycles. The predicted octanol–water partition coefficient (Wildman–Crippen LogP) is 5.72. The Morgan fingerprint density at radius 3 is 2.72 bits per heavy atom. The van der Waals surface area contributed by atoms with E-state index in [2.05, 4.69) is 40.9 Å². The third-order valence-electron chi connectivity index (χ3n) is 4.18. The van der Waals surface area contributed by atoms with Crippen molar-refractivity contribution in [1.29, 1.82) is 0 Å². The van der Waals surface area contributed by atoms with Crippen molar-refractivity contribution >= 4 is 23.1 Å². The summed E-state index contributed by atoms with van der Waals surface area (Å²) in [5, 5.41) is 11.9. The van der Waals surface area contributed by atoms with Gasteiger partial charge in [0.15, 0.2) is 11.0 Å². The molecule has 3 aromatic rings. The Hall–Kier alpha value is -1.66. The number of aromatic nitrogens is 3. The minimum atomic E-state index is -0.168. The molecular formula is C19H22FN3S2. The summed E-state index contributed by atoms with van der Waals surface area (Å²) in [6.07, 6.45) is 1.99. The van der Waals surface area contributed by atoms with E-state index in [1.54, 1.807) is 29.2 Å². The summed E-state index contributed by atoms with van der Waals surface area (Å²) in [7, 11) is 0. The molecule has 2 heterocycles. The van der Waals surface area contributed by atoms with E-state index in [0.717, 1.165) is 30.4 Å². The quantitative estimate of drug-likeness (QED) is 0.495. The molecule has 0 atom stereocenters. The molecule has 25 heavy (non-hydrogen) atoms. The normalized spacial score (nSPS) is 11.2. The summed E-state index contributed by atoms with van der Waals surface area (Å²) in [5.74, 6) is 1.32. The number of hydrogen-bond acceptors (Lipinski definition) is 4. The smallest absolute Gasteiger partial charge is 0.191 e. The van der Waals surface area contributed by atoms with E-state index in [1.165, 1.54) is 22.1 Å². The molecule has 0 unspecified atom stereocenters. The van der Waals surface area contributed by atoms with Gasteiger partial charge >= 0.3 is 0 Å². The number of rotatable bonds is 7. The first-order valence-electron chi connectivity index (χ1n) is 8.52. The van der Waals surface area contributed by atoms with Crippen molar-refractivity contribution in [2.75, 3.05) is 0 Å². The highest BCUT2D eigenvalue weighted by Crippen LogP contribution is 2.33. The monoisotopic (exact) mass is 375 g/mol. The summed E-state index contributed by atoms with van der Waals surface area (Å²) >= 11 is 3.30. The van der Waals surface area contributed by atoms with Gasteiger partial charge in [0.1, 0.15) is 5.82 Å². The van der Waals surface area contributed by atoms with Crippen LogP contribution < -0.4 is 0 Å². The second-order valence-electron chi connectivity index (χ2n) is 5.88. The van der Waals surface area contributed by atoms with Crippen molar-refractivity contribution in [3.8, 4) is 11.4 Å². The van der Waals surface area contributed by atoms with E-state index >= 15 is 0 Å². The number of thioether (sulfide) groups is 1. The zero-order valence-electron chi connectivity index (χ0n) is 14.8. The van der Waals surface area contributed by atoms with Crippen LogP contribution >= 0.6 is 23.1 Å². The second kappa shape index (κ2) is 8.15. The van der Waals surface area contributed by atoms with E-state index in [1.807, 2.05) is 12.1 Å². The lowest BCUT2D eigenvalue weighted by atomic mass is 10.1. The van der Waals surface area contributed by atoms with Crippen LogP contribution in [0, 0.1) is 12.7 Å². The minimum absolute atomic E-state index is 0.168. The fourth-order valence-corrected chi connectivity index (χ4v) is 4.77. The Balaban J connectivity index is 1.90. The Bertz CT molecular complexity index is 854. The number of hydrogen-bond donors (Lipinski definition) is 0. The van der Waals surface area contributed by atoms with Gasteiger partial charge in [-0.25, -0.2) is 4.39 Å². The third kappa shape index (κ3) is 3.80. The molecule has 0 N–H and O–H groups in total. The average molecular weight is 376 g/mol. The van der Waals surface area contributed by atoms with Crippen molar-refractivity contribution < 1.29 is 4.39 Å². The molecular weight excluding hydrogens is 353 g/mol. The van der Waals surface area contributed by atoms with Crippen molar-refractivity contribution in [3.63, 3.8) is 0 Å². The van der Waals surface area contributed by atoms with Gasteiger partial charge in [0.2, 0.25) is 0 Å². The van der Waals surface area contributed by atoms with Crippen molar-refractivity contribution in [1.82, 2.24) is 14.8 Å². The van der Waals surface area contributed by atoms with E-state index < -0.39 is 0 Å². The Labute approximate surface area is 156 Å². The van der Waals surface area contributed by atoms with Crippen molar-refractivity contribution in [2.24, 2.45) is 0 Å². The lowest BCUT2D eigenvalue weighted by Gasteiger charge is -2.10. The number of aryl methyl sites for hydroxylation is 1. The summed E-state index contributed by atoms with van der Waals surface area (Å²) in [6.45, 7) is 7.34. The van der Waals surface area contributed by atoms with Gasteiger partial charge in [-0.1, -0.05) is 43.8 Å². The molecule has 132 valence electrons. The average Bonchev–Trinajstić information content (AvgIpc) is 3.17. The molecule has 1 aromatic carbocycles. The first-order valence-corrected chi connectivity index (χ1v) is 10.4. The number of nitrogens with zero attached hydrogens (tertiary/aromatic N) is 3. The summed E-state index contributed by atoms with van der Waals surface area (Å²) in [4.78, 5) is 1.34. The molecule has 0 aliphatic rings. The zero-order valence-corrected chi connectivity index (χ0v) is 16.4. The van der Waals surface area contributed by atoms with Crippen LogP contribution in [-0.4, -0.2) is 14.8 Å². The largest absolute Gasteiger partial charge is 0.302 e. The fourth-order valence-electron chi connectivity index (χ4n) is 2.88. The van der Waals surface area contributed by atoms with Crippen LogP contribution in [0.2, 0.25) is 0 Å². The first-order chi connectivity index (χ1) is 12.2. The highest BCUT2D eigenvalue weighted by atomic mass is 32.2. The van der Waals surface area contributed by atoms with Gasteiger partial charge in [-0.05, 0) is 37.0 Å². The van der Waals surface area contributed by atoms with E-state index in [4.69, 9.17) is 0 Å². The molecule has 3 rings (SSSR count). The van der Waals surface area contributed by atoms with Gasteiger partial charge in [-0.15, -0.1) is 21.5 Å². The summed E-state index contributed by atoms with van der Waals surface area (Å²) in [5.41, 5.74) is 3.23. The van der Waals surface area contributed by atoms with Crippen molar-refractivity contribution in [2.45, 2.75) is 51.1 Å². The first kappa shape index (κ1) is 18.1. The molecule has 0 fully saturated rings. The van der Waals surface area contributed by atoms with Crippen LogP contribution in [0.15, 0.2) is 34.8 Å². The molecule has 0 saturated heterocycles. The zero-order chi connectivity index (χ0) is 17.8. The number of thiophene rings is 1. The molecule has 0 aliphatic heterocycles. The van der Waals surface area contributed by atoms with E-state index in [9.17, 15) is 4.39 Å². The van der Waals surface area contributed by atoms with Gasteiger partial charge in [-0.2, -0.15) is 0 Å². The third-order valence-corrected chi connectivity index (χ3v) is 6.15. The molecule has 0 amide bonds. The summed E-state index contributed by atoms with van der Waals surface area (Å²) < 4.78 is 16.0. The van der Waals surface area contributed by atoms with E-state index in [0.29, 0.717) is 11.3 Å². The van der Waals surface area contributed by atoms with Crippen LogP contribution in [0.3, 0.4) is 0 Å². The Morgan fingerprint density at radius 1 is 1.20 bits per heavy atom. The van der Waals surface area contributed by atoms with Gasteiger partial charge in [0, 0.05) is 28.1 Å². The maximum absolute atomic E-state index is 13.9. The molecule has 0 spiro atoms. The Kier molecular flexibility index (Phi) is 5.91. The van der Waals surface area contributed by atoms with E-state index in [-0.39, 0.29) is 5.82 Å². The lowest BCUT2D eigenvalue weighted by molar-refractivity contribution is 0.615. The molecule has 0 saturated carbocycles. The molecule has 0 aliphatic carbocycles. The van der Waals surface area contributed by atoms with Crippen LogP contribution in [-0.2, 0) is 18.7 Å². The van der Waals surface area contributed by atoms with Crippen LogP contribution in [0.4, 0.5) is 4.39 Å². The lowest BCUT2D eigenvalue weighted by Crippen LogP contribution is -2.03. The number of halogens is 1. The van der Waals surface area contributed by atoms with Gasteiger partial charge in [0.25, 0.3) is 0 Å². The SMILES string of the molecule is CCCn1c(SCc2ccccc2F)nnc1-c1csc(C)c1CC. The maximum atomic E-state index is 13.9. The molecule has 3 nitrogen and oxygen atoms in total. The van der Waals surface area contributed by atoms with Crippen LogP contribution in [0.25, 0.3) is 11.4 Å². The molecule has 0 radical (unpaired) electrons. The van der Waals surface area contributed by atoms with Crippen LogP contribution in [0.1, 0.15) is 36.3 Å². The number of benzene rings is 1. The van der Waals surface area contributed by atoms with Crippen LogP contribution in [0.5, 0.6) is 0 Å². The van der Waals surface area contributed by atoms with Crippen molar-refractivity contribution in [3.05, 3.63) is 51.5 Å². The maximum Gasteiger partial charge on any atom is 0.191 e. The molecule has 6 heteroatoms. The molecule has 0 bridgehead atoms. The minimum Gasteiger partial charge on any atom is -0.302 e. The van der Waals surface area contributed by atoms with Gasteiger partial charge in [0.05, 0.1) is 0 Å². The Morgan fingerprint density at radius 2 is 2.00 bits per heavy atom. The second-order valence-corrected chi connectivity index (χ2v) is 7.90. The summed E-state index contributed by atoms with van der Waals surface area (Å²) in [6, 6.07) is 6.90. The standard InChI is InChI=1S/C19H22FN3S2/c1-4-10-23-18(16-12-24-13(3)15(16)5-2)21-22-19(23)25-11-14-8-6-7-9-17(14)20/h6-9,12H,4-5,10-11H2,1-3H3. The van der Waals surface area contributed by atoms with Gasteiger partial charge < -0.3 is 4.57 Å². The highest BCUT2D eigenvalue weighted by Gasteiger charge is 2.18.